The molecule has 0 aliphatic carbocycles. The summed E-state index contributed by atoms with van der Waals surface area (Å²) >= 11 is 6.01. The van der Waals surface area contributed by atoms with Gasteiger partial charge in [0.15, 0.2) is 5.78 Å². The Kier molecular flexibility index (Phi) is 3.54. The first-order valence-electron chi connectivity index (χ1n) is 6.30. The van der Waals surface area contributed by atoms with Gasteiger partial charge in [0, 0.05) is 5.56 Å². The molecule has 0 N–H and O–H groups in total. The molecule has 0 saturated carbocycles. The molecule has 1 aliphatic heterocycles. The van der Waals surface area contributed by atoms with Gasteiger partial charge in [-0.2, -0.15) is 0 Å². The van der Waals surface area contributed by atoms with Crippen LogP contribution in [-0.4, -0.2) is 24.1 Å². The van der Waals surface area contributed by atoms with Crippen molar-refractivity contribution in [2.24, 2.45) is 0 Å². The number of hydrogen-bond acceptors (Lipinski definition) is 3. The van der Waals surface area contributed by atoms with Crippen molar-refractivity contribution in [1.29, 1.82) is 0 Å². The summed E-state index contributed by atoms with van der Waals surface area (Å²) in [5, 5.41) is 0.452. The Morgan fingerprint density at radius 2 is 1.68 bits per heavy atom. The maximum Gasteiger partial charge on any atom is 0.494 e. The average Bonchev–Trinajstić information content (AvgIpc) is 2.48. The van der Waals surface area contributed by atoms with Gasteiger partial charge in [0.2, 0.25) is 0 Å². The van der Waals surface area contributed by atoms with Crippen LogP contribution in [0.1, 0.15) is 45.0 Å². The van der Waals surface area contributed by atoms with E-state index < -0.39 is 18.3 Å². The minimum absolute atomic E-state index is 0.0663. The molecule has 5 heteroatoms. The summed E-state index contributed by atoms with van der Waals surface area (Å²) in [4.78, 5) is 11.5. The number of rotatable bonds is 2. The summed E-state index contributed by atoms with van der Waals surface area (Å²) in [6.45, 7) is 9.47. The molecule has 0 unspecified atom stereocenters. The number of hydrogen-bond donors (Lipinski definition) is 0. The van der Waals surface area contributed by atoms with Crippen LogP contribution in [-0.2, 0) is 9.31 Å². The van der Waals surface area contributed by atoms with Crippen molar-refractivity contribution in [1.82, 2.24) is 0 Å². The summed E-state index contributed by atoms with van der Waals surface area (Å²) in [7, 11) is -0.472. The highest BCUT2D eigenvalue weighted by Crippen LogP contribution is 2.36. The van der Waals surface area contributed by atoms with E-state index >= 15 is 0 Å². The zero-order valence-corrected chi connectivity index (χ0v) is 12.7. The quantitative estimate of drug-likeness (QED) is 0.617. The third-order valence-corrected chi connectivity index (χ3v) is 4.22. The lowest BCUT2D eigenvalue weighted by Crippen LogP contribution is -2.41. The van der Waals surface area contributed by atoms with Crippen molar-refractivity contribution in [3.05, 3.63) is 28.8 Å². The number of carbonyl (C=O) groups is 1. The minimum Gasteiger partial charge on any atom is -0.399 e. The van der Waals surface area contributed by atoms with Gasteiger partial charge < -0.3 is 9.31 Å². The summed E-state index contributed by atoms with van der Waals surface area (Å²) in [5.41, 5.74) is 0.517. The fourth-order valence-corrected chi connectivity index (χ4v) is 2.19. The molecule has 0 spiro atoms. The first kappa shape index (κ1) is 14.6. The molecule has 2 rings (SSSR count). The van der Waals surface area contributed by atoms with Crippen LogP contribution in [0.15, 0.2) is 18.2 Å². The van der Waals surface area contributed by atoms with Gasteiger partial charge in [-0.3, -0.25) is 4.79 Å². The maximum absolute atomic E-state index is 11.5. The molecular formula is C14H18BClO3. The molecule has 0 amide bonds. The maximum atomic E-state index is 11.5. The number of halogens is 1. The van der Waals surface area contributed by atoms with Crippen LogP contribution in [0.2, 0.25) is 5.02 Å². The van der Waals surface area contributed by atoms with Gasteiger partial charge in [-0.05, 0) is 46.1 Å². The van der Waals surface area contributed by atoms with E-state index in [1.54, 1.807) is 12.1 Å². The van der Waals surface area contributed by atoms with Crippen molar-refractivity contribution in [3.8, 4) is 0 Å². The van der Waals surface area contributed by atoms with Gasteiger partial charge in [-0.25, -0.2) is 0 Å². The second kappa shape index (κ2) is 4.62. The number of benzene rings is 1. The number of Topliss-reactive ketones (excluding diaryl/α,β-unsaturated/α-hetero) is 1. The monoisotopic (exact) mass is 280 g/mol. The van der Waals surface area contributed by atoms with Crippen LogP contribution in [0.4, 0.5) is 0 Å². The Balaban J connectivity index is 2.35. The Morgan fingerprint density at radius 3 is 2.16 bits per heavy atom. The molecular weight excluding hydrogens is 262 g/mol. The second-order valence-corrected chi connectivity index (χ2v) is 6.29. The van der Waals surface area contributed by atoms with Gasteiger partial charge >= 0.3 is 7.12 Å². The molecule has 0 radical (unpaired) electrons. The van der Waals surface area contributed by atoms with E-state index in [2.05, 4.69) is 0 Å². The first-order valence-corrected chi connectivity index (χ1v) is 6.68. The SMILES string of the molecule is CC(=O)c1cc(B2OC(C)(C)C(C)(C)O2)ccc1Cl. The van der Waals surface area contributed by atoms with E-state index in [1.807, 2.05) is 33.8 Å². The predicted octanol–water partition coefficient (Wildman–Crippen LogP) is 2.84. The fourth-order valence-electron chi connectivity index (χ4n) is 1.94. The van der Waals surface area contributed by atoms with Crippen LogP contribution >= 0.6 is 11.6 Å². The number of carbonyl (C=O) groups excluding carboxylic acids is 1. The standard InChI is InChI=1S/C14H18BClO3/c1-9(17)11-8-10(6-7-12(11)16)15-18-13(2,3)14(4,5)19-15/h6-8H,1-5H3. The Labute approximate surface area is 119 Å². The van der Waals surface area contributed by atoms with E-state index in [-0.39, 0.29) is 5.78 Å². The van der Waals surface area contributed by atoms with Crippen LogP contribution < -0.4 is 5.46 Å². The topological polar surface area (TPSA) is 35.5 Å². The van der Waals surface area contributed by atoms with Crippen molar-refractivity contribution in [2.75, 3.05) is 0 Å². The van der Waals surface area contributed by atoms with Crippen molar-refractivity contribution >= 4 is 30.0 Å². The highest BCUT2D eigenvalue weighted by atomic mass is 35.5. The molecule has 1 aromatic rings. The lowest BCUT2D eigenvalue weighted by atomic mass is 9.78. The van der Waals surface area contributed by atoms with E-state index in [1.165, 1.54) is 6.92 Å². The Bertz CT molecular complexity index is 509. The van der Waals surface area contributed by atoms with Gasteiger partial charge in [0.25, 0.3) is 0 Å². The predicted molar refractivity (Wildman–Crippen MR) is 77.2 cm³/mol. The third kappa shape index (κ3) is 2.57. The summed E-state index contributed by atoms with van der Waals surface area (Å²) < 4.78 is 11.9. The normalized spacial score (nSPS) is 20.6. The highest BCUT2D eigenvalue weighted by Gasteiger charge is 2.51. The van der Waals surface area contributed by atoms with Gasteiger partial charge in [-0.15, -0.1) is 0 Å². The summed E-state index contributed by atoms with van der Waals surface area (Å²) in [6, 6.07) is 5.28. The van der Waals surface area contributed by atoms with Crippen LogP contribution in [0.3, 0.4) is 0 Å². The minimum atomic E-state index is -0.472. The summed E-state index contributed by atoms with van der Waals surface area (Å²) in [5.74, 6) is -0.0663. The van der Waals surface area contributed by atoms with E-state index in [9.17, 15) is 4.79 Å². The third-order valence-electron chi connectivity index (χ3n) is 3.90. The van der Waals surface area contributed by atoms with E-state index in [4.69, 9.17) is 20.9 Å². The molecule has 1 aromatic carbocycles. The Hall–Kier alpha value is -0.835. The molecule has 3 nitrogen and oxygen atoms in total. The largest absolute Gasteiger partial charge is 0.494 e. The molecule has 0 atom stereocenters. The number of ketones is 1. The molecule has 19 heavy (non-hydrogen) atoms. The smallest absolute Gasteiger partial charge is 0.399 e. The summed E-state index contributed by atoms with van der Waals surface area (Å²) in [6.07, 6.45) is 0. The molecule has 1 fully saturated rings. The fraction of sp³-hybridized carbons (Fsp3) is 0.500. The molecule has 102 valence electrons. The lowest BCUT2D eigenvalue weighted by molar-refractivity contribution is 0.00578. The zero-order chi connectivity index (χ0) is 14.4. The first-order chi connectivity index (χ1) is 8.64. The van der Waals surface area contributed by atoms with Crippen molar-refractivity contribution in [2.45, 2.75) is 45.8 Å². The van der Waals surface area contributed by atoms with Crippen LogP contribution in [0.5, 0.6) is 0 Å². The van der Waals surface area contributed by atoms with E-state index in [0.717, 1.165) is 5.46 Å². The van der Waals surface area contributed by atoms with E-state index in [0.29, 0.717) is 10.6 Å². The van der Waals surface area contributed by atoms with Crippen LogP contribution in [0, 0.1) is 0 Å². The second-order valence-electron chi connectivity index (χ2n) is 5.88. The molecule has 1 saturated heterocycles. The highest BCUT2D eigenvalue weighted by molar-refractivity contribution is 6.62. The lowest BCUT2D eigenvalue weighted by Gasteiger charge is -2.32. The molecule has 0 aromatic heterocycles. The van der Waals surface area contributed by atoms with Gasteiger partial charge in [0.05, 0.1) is 16.2 Å². The molecule has 1 heterocycles. The van der Waals surface area contributed by atoms with Gasteiger partial charge in [-0.1, -0.05) is 23.7 Å². The van der Waals surface area contributed by atoms with Crippen LogP contribution in [0.25, 0.3) is 0 Å². The Morgan fingerprint density at radius 1 is 1.16 bits per heavy atom. The molecule has 1 aliphatic rings. The van der Waals surface area contributed by atoms with Crippen molar-refractivity contribution in [3.63, 3.8) is 0 Å². The molecule has 0 bridgehead atoms. The zero-order valence-electron chi connectivity index (χ0n) is 11.9. The van der Waals surface area contributed by atoms with Crippen molar-refractivity contribution < 1.29 is 14.1 Å². The van der Waals surface area contributed by atoms with Gasteiger partial charge in [0.1, 0.15) is 0 Å². The average molecular weight is 281 g/mol.